The fourth-order valence-electron chi connectivity index (χ4n) is 2.99. The zero-order valence-corrected chi connectivity index (χ0v) is 14.3. The fourth-order valence-corrected chi connectivity index (χ4v) is 4.45. The number of aryl methyl sites for hydroxylation is 1. The van der Waals surface area contributed by atoms with Crippen LogP contribution in [0.25, 0.3) is 0 Å². The van der Waals surface area contributed by atoms with Gasteiger partial charge in [-0.1, -0.05) is 6.92 Å². The highest BCUT2D eigenvalue weighted by molar-refractivity contribution is 9.10. The Hall–Kier alpha value is -0.580. The molecule has 1 unspecified atom stereocenters. The van der Waals surface area contributed by atoms with Crippen molar-refractivity contribution >= 4 is 27.3 Å². The first-order valence-corrected chi connectivity index (χ1v) is 9.08. The van der Waals surface area contributed by atoms with Gasteiger partial charge in [-0.2, -0.15) is 0 Å². The lowest BCUT2D eigenvalue weighted by atomic mass is 9.91. The number of rotatable bonds is 5. The predicted molar refractivity (Wildman–Crippen MR) is 89.5 cm³/mol. The summed E-state index contributed by atoms with van der Waals surface area (Å²) < 4.78 is 3.55. The van der Waals surface area contributed by atoms with Crippen molar-refractivity contribution < 1.29 is 0 Å². The molecule has 3 rings (SSSR count). The van der Waals surface area contributed by atoms with Crippen LogP contribution in [0, 0.1) is 0 Å². The van der Waals surface area contributed by atoms with E-state index in [4.69, 9.17) is 0 Å². The summed E-state index contributed by atoms with van der Waals surface area (Å²) >= 11 is 5.35. The second-order valence-corrected chi connectivity index (χ2v) is 7.45. The molecule has 0 fully saturated rings. The molecule has 1 atom stereocenters. The Labute approximate surface area is 133 Å². The number of hydrogen-bond acceptors (Lipinski definition) is 2. The lowest BCUT2D eigenvalue weighted by molar-refractivity contribution is 0.462. The number of nitrogens with one attached hydrogen (secondary N) is 1. The highest BCUT2D eigenvalue weighted by Crippen LogP contribution is 2.31. The zero-order valence-electron chi connectivity index (χ0n) is 11.9. The Balaban J connectivity index is 1.76. The van der Waals surface area contributed by atoms with Crippen molar-refractivity contribution in [1.82, 2.24) is 9.88 Å². The molecule has 2 heterocycles. The van der Waals surface area contributed by atoms with Crippen molar-refractivity contribution in [1.29, 1.82) is 0 Å². The third-order valence-corrected chi connectivity index (χ3v) is 5.59. The van der Waals surface area contributed by atoms with Crippen molar-refractivity contribution in [3.05, 3.63) is 44.3 Å². The van der Waals surface area contributed by atoms with Gasteiger partial charge < -0.3 is 9.88 Å². The van der Waals surface area contributed by atoms with Gasteiger partial charge in [0.05, 0.1) is 6.54 Å². The summed E-state index contributed by atoms with van der Waals surface area (Å²) in [5.41, 5.74) is 3.07. The van der Waals surface area contributed by atoms with Crippen molar-refractivity contribution in [3.63, 3.8) is 0 Å². The Morgan fingerprint density at radius 3 is 3.10 bits per heavy atom. The first-order valence-electron chi connectivity index (χ1n) is 7.41. The van der Waals surface area contributed by atoms with Crippen LogP contribution in [-0.4, -0.2) is 11.1 Å². The topological polar surface area (TPSA) is 17.0 Å². The number of aromatic nitrogens is 1. The van der Waals surface area contributed by atoms with E-state index in [0.29, 0.717) is 6.04 Å². The maximum absolute atomic E-state index is 3.69. The maximum Gasteiger partial charge on any atom is 0.0564 e. The van der Waals surface area contributed by atoms with E-state index in [1.54, 1.807) is 5.56 Å². The highest BCUT2D eigenvalue weighted by Gasteiger charge is 2.21. The summed E-state index contributed by atoms with van der Waals surface area (Å²) in [6.07, 6.45) is 9.74. The molecule has 108 valence electrons. The van der Waals surface area contributed by atoms with Gasteiger partial charge in [0.25, 0.3) is 0 Å². The molecule has 1 N–H and O–H groups in total. The fraction of sp³-hybridized carbons (Fsp3) is 0.500. The molecule has 1 aliphatic carbocycles. The Morgan fingerprint density at radius 1 is 1.45 bits per heavy atom. The summed E-state index contributed by atoms with van der Waals surface area (Å²) in [7, 11) is 0. The molecule has 0 saturated heterocycles. The lowest BCUT2D eigenvalue weighted by Crippen LogP contribution is -2.24. The molecule has 2 aromatic rings. The van der Waals surface area contributed by atoms with Crippen LogP contribution in [0.3, 0.4) is 0 Å². The molecule has 0 amide bonds. The van der Waals surface area contributed by atoms with E-state index in [1.165, 1.54) is 40.6 Å². The molecule has 0 aromatic carbocycles. The molecule has 1 aliphatic rings. The molecular weight excluding hydrogens is 332 g/mol. The van der Waals surface area contributed by atoms with E-state index in [9.17, 15) is 0 Å². The van der Waals surface area contributed by atoms with E-state index in [0.717, 1.165) is 13.1 Å². The van der Waals surface area contributed by atoms with Gasteiger partial charge in [0.1, 0.15) is 0 Å². The third kappa shape index (κ3) is 3.18. The quantitative estimate of drug-likeness (QED) is 0.822. The third-order valence-electron chi connectivity index (χ3n) is 3.91. The SMILES string of the molecule is CCCNC1CCCc2cn(Cc3cc(Br)cs3)cc21. The highest BCUT2D eigenvalue weighted by atomic mass is 79.9. The minimum absolute atomic E-state index is 0.565. The van der Waals surface area contributed by atoms with Crippen molar-refractivity contribution in [3.8, 4) is 0 Å². The van der Waals surface area contributed by atoms with Crippen molar-refractivity contribution in [2.45, 2.75) is 45.2 Å². The minimum Gasteiger partial charge on any atom is -0.348 e. The molecule has 0 aliphatic heterocycles. The summed E-state index contributed by atoms with van der Waals surface area (Å²) in [4.78, 5) is 1.40. The predicted octanol–water partition coefficient (Wildman–Crippen LogP) is 4.74. The van der Waals surface area contributed by atoms with E-state index in [-0.39, 0.29) is 0 Å². The van der Waals surface area contributed by atoms with Crippen molar-refractivity contribution in [2.24, 2.45) is 0 Å². The van der Waals surface area contributed by atoms with Crippen LogP contribution >= 0.6 is 27.3 Å². The Kier molecular flexibility index (Phi) is 4.64. The van der Waals surface area contributed by atoms with Gasteiger partial charge >= 0.3 is 0 Å². The van der Waals surface area contributed by atoms with E-state index in [2.05, 4.69) is 56.6 Å². The van der Waals surface area contributed by atoms with Gasteiger partial charge in [0.2, 0.25) is 0 Å². The Morgan fingerprint density at radius 2 is 2.35 bits per heavy atom. The monoisotopic (exact) mass is 352 g/mol. The second-order valence-electron chi connectivity index (χ2n) is 5.54. The molecule has 20 heavy (non-hydrogen) atoms. The number of hydrogen-bond donors (Lipinski definition) is 1. The van der Waals surface area contributed by atoms with Crippen LogP contribution in [0.15, 0.2) is 28.3 Å². The average Bonchev–Trinajstić information content (AvgIpc) is 3.02. The number of thiophene rings is 1. The number of nitrogens with zero attached hydrogens (tertiary/aromatic N) is 1. The molecule has 0 bridgehead atoms. The van der Waals surface area contributed by atoms with Crippen LogP contribution in [0.4, 0.5) is 0 Å². The number of fused-ring (bicyclic) bond motifs is 1. The van der Waals surface area contributed by atoms with Crippen LogP contribution in [-0.2, 0) is 13.0 Å². The van der Waals surface area contributed by atoms with Gasteiger partial charge in [0, 0.05) is 33.2 Å². The zero-order chi connectivity index (χ0) is 13.9. The van der Waals surface area contributed by atoms with Gasteiger partial charge in [-0.05, 0) is 65.4 Å². The van der Waals surface area contributed by atoms with Crippen LogP contribution in [0.2, 0.25) is 0 Å². The smallest absolute Gasteiger partial charge is 0.0564 e. The van der Waals surface area contributed by atoms with E-state index >= 15 is 0 Å². The summed E-state index contributed by atoms with van der Waals surface area (Å²) in [6.45, 7) is 4.34. The largest absolute Gasteiger partial charge is 0.348 e. The average molecular weight is 353 g/mol. The lowest BCUT2D eigenvalue weighted by Gasteiger charge is -2.23. The van der Waals surface area contributed by atoms with Gasteiger partial charge in [-0.3, -0.25) is 0 Å². The molecule has 2 nitrogen and oxygen atoms in total. The van der Waals surface area contributed by atoms with Gasteiger partial charge in [-0.25, -0.2) is 0 Å². The maximum atomic E-state index is 3.69. The van der Waals surface area contributed by atoms with Gasteiger partial charge in [-0.15, -0.1) is 11.3 Å². The Bertz CT molecular complexity index is 573. The minimum atomic E-state index is 0.565. The van der Waals surface area contributed by atoms with E-state index < -0.39 is 0 Å². The molecule has 0 radical (unpaired) electrons. The molecule has 0 spiro atoms. The first-order chi connectivity index (χ1) is 9.76. The summed E-state index contributed by atoms with van der Waals surface area (Å²) in [6, 6.07) is 2.78. The number of halogens is 1. The van der Waals surface area contributed by atoms with Crippen LogP contribution < -0.4 is 5.32 Å². The molecule has 4 heteroatoms. The molecular formula is C16H21BrN2S. The van der Waals surface area contributed by atoms with Crippen LogP contribution in [0.5, 0.6) is 0 Å². The first kappa shape index (κ1) is 14.4. The second kappa shape index (κ2) is 6.46. The summed E-state index contributed by atoms with van der Waals surface area (Å²) in [5, 5.41) is 5.85. The molecule has 2 aromatic heterocycles. The normalized spacial score (nSPS) is 18.2. The molecule has 0 saturated carbocycles. The van der Waals surface area contributed by atoms with E-state index in [1.807, 2.05) is 11.3 Å². The van der Waals surface area contributed by atoms with Crippen LogP contribution in [0.1, 0.15) is 48.2 Å². The summed E-state index contributed by atoms with van der Waals surface area (Å²) in [5.74, 6) is 0. The van der Waals surface area contributed by atoms with Gasteiger partial charge in [0.15, 0.2) is 0 Å². The standard InChI is InChI=1S/C16H21BrN2S/c1-2-6-18-16-5-3-4-12-8-19(10-15(12)16)9-14-7-13(17)11-20-14/h7-8,10-11,16,18H,2-6,9H2,1H3. The van der Waals surface area contributed by atoms with Crippen molar-refractivity contribution in [2.75, 3.05) is 6.54 Å².